The molecule has 0 bridgehead atoms. The van der Waals surface area contributed by atoms with Gasteiger partial charge in [-0.2, -0.15) is 5.26 Å². The van der Waals surface area contributed by atoms with Gasteiger partial charge in [0.05, 0.1) is 24.3 Å². The number of aryl methyl sites for hydroxylation is 1. The van der Waals surface area contributed by atoms with E-state index in [0.29, 0.717) is 25.1 Å². The van der Waals surface area contributed by atoms with Gasteiger partial charge in [0, 0.05) is 26.6 Å². The third-order valence-electron chi connectivity index (χ3n) is 3.81. The summed E-state index contributed by atoms with van der Waals surface area (Å²) in [5, 5.41) is 15.1. The molecule has 5 nitrogen and oxygen atoms in total. The van der Waals surface area contributed by atoms with E-state index in [0.717, 1.165) is 30.1 Å². The van der Waals surface area contributed by atoms with Crippen LogP contribution in [0.1, 0.15) is 29.5 Å². The molecule has 1 aromatic carbocycles. The maximum Gasteiger partial charge on any atom is 0.222 e. The van der Waals surface area contributed by atoms with Gasteiger partial charge in [-0.05, 0) is 42.2 Å². The maximum atomic E-state index is 11.9. The third-order valence-corrected chi connectivity index (χ3v) is 3.81. The normalized spacial score (nSPS) is 14.9. The van der Waals surface area contributed by atoms with E-state index in [1.165, 1.54) is 5.57 Å². The molecule has 1 amide bonds. The molecule has 2 rings (SSSR count). The van der Waals surface area contributed by atoms with Gasteiger partial charge in [-0.25, -0.2) is 0 Å². The molecule has 1 radical (unpaired) electrons. The van der Waals surface area contributed by atoms with Crippen LogP contribution in [-0.2, 0) is 9.53 Å². The average molecular weight is 312 g/mol. The molecule has 0 saturated heterocycles. The van der Waals surface area contributed by atoms with Crippen LogP contribution in [0.4, 0.5) is 0 Å². The van der Waals surface area contributed by atoms with Gasteiger partial charge in [-0.3, -0.25) is 4.79 Å². The van der Waals surface area contributed by atoms with Crippen molar-refractivity contribution in [2.45, 2.75) is 19.8 Å². The molecule has 1 aliphatic rings. The Labute approximate surface area is 137 Å². The summed E-state index contributed by atoms with van der Waals surface area (Å²) in [6, 6.07) is 8.89. The van der Waals surface area contributed by atoms with Crippen molar-refractivity contribution in [1.82, 2.24) is 10.6 Å². The molecule has 1 aromatic rings. The summed E-state index contributed by atoms with van der Waals surface area (Å²) in [6.45, 7) is 3.77. The van der Waals surface area contributed by atoms with Crippen LogP contribution >= 0.6 is 0 Å². The molecule has 0 aliphatic carbocycles. The second-order valence-electron chi connectivity index (χ2n) is 5.55. The van der Waals surface area contributed by atoms with Crippen molar-refractivity contribution in [1.29, 1.82) is 5.26 Å². The minimum absolute atomic E-state index is 0.00218. The van der Waals surface area contributed by atoms with E-state index in [-0.39, 0.29) is 5.91 Å². The van der Waals surface area contributed by atoms with Gasteiger partial charge in [0.2, 0.25) is 5.91 Å². The number of hydrogen-bond acceptors (Lipinski definition) is 4. The lowest BCUT2D eigenvalue weighted by Crippen LogP contribution is -2.33. The number of rotatable bonds is 6. The molecule has 0 aromatic heterocycles. The highest BCUT2D eigenvalue weighted by molar-refractivity contribution is 5.79. The molecule has 0 saturated carbocycles. The summed E-state index contributed by atoms with van der Waals surface area (Å²) in [4.78, 5) is 11.9. The number of carbonyl (C=O) groups excluding carboxylic acids is 1. The van der Waals surface area contributed by atoms with Crippen LogP contribution in [0.15, 0.2) is 24.3 Å². The molecule has 0 atom stereocenters. The first-order valence-corrected chi connectivity index (χ1v) is 7.68. The fourth-order valence-corrected chi connectivity index (χ4v) is 2.66. The van der Waals surface area contributed by atoms with Crippen molar-refractivity contribution in [3.63, 3.8) is 0 Å². The largest absolute Gasteiger partial charge is 0.383 e. The Morgan fingerprint density at radius 1 is 1.48 bits per heavy atom. The molecule has 0 spiro atoms. The van der Waals surface area contributed by atoms with Crippen molar-refractivity contribution >= 4 is 11.5 Å². The molecule has 0 unspecified atom stereocenters. The van der Waals surface area contributed by atoms with Crippen LogP contribution in [0.2, 0.25) is 0 Å². The van der Waals surface area contributed by atoms with Crippen molar-refractivity contribution in [2.75, 3.05) is 26.8 Å². The molecule has 0 fully saturated rings. The quantitative estimate of drug-likeness (QED) is 0.787. The predicted molar refractivity (Wildman–Crippen MR) is 89.2 cm³/mol. The second-order valence-corrected chi connectivity index (χ2v) is 5.55. The Morgan fingerprint density at radius 2 is 2.30 bits per heavy atom. The first-order valence-electron chi connectivity index (χ1n) is 7.68. The zero-order valence-corrected chi connectivity index (χ0v) is 13.6. The number of carbonyl (C=O) groups is 1. The Hall–Kier alpha value is -2.16. The van der Waals surface area contributed by atoms with E-state index >= 15 is 0 Å². The molecular weight excluding hydrogens is 290 g/mol. The fraction of sp³-hybridized carbons (Fsp3) is 0.389. The highest BCUT2D eigenvalue weighted by atomic mass is 16.5. The molecule has 23 heavy (non-hydrogen) atoms. The van der Waals surface area contributed by atoms with Crippen LogP contribution < -0.4 is 10.6 Å². The van der Waals surface area contributed by atoms with E-state index in [1.54, 1.807) is 7.11 Å². The zero-order chi connectivity index (χ0) is 16.7. The predicted octanol–water partition coefficient (Wildman–Crippen LogP) is 1.93. The lowest BCUT2D eigenvalue weighted by atomic mass is 9.90. The monoisotopic (exact) mass is 312 g/mol. The molecule has 1 aliphatic heterocycles. The summed E-state index contributed by atoms with van der Waals surface area (Å²) in [5.74, 6) is 0.00218. The van der Waals surface area contributed by atoms with Crippen LogP contribution in [-0.4, -0.2) is 32.7 Å². The van der Waals surface area contributed by atoms with Gasteiger partial charge >= 0.3 is 0 Å². The minimum atomic E-state index is 0.00218. The summed E-state index contributed by atoms with van der Waals surface area (Å²) in [7, 11) is 1.61. The van der Waals surface area contributed by atoms with Crippen LogP contribution in [0.5, 0.6) is 0 Å². The lowest BCUT2D eigenvalue weighted by Gasteiger charge is -2.24. The summed E-state index contributed by atoms with van der Waals surface area (Å²) in [6.07, 6.45) is 3.24. The SMILES string of the molecule is COCCNC(=O)C[C]1CC(c2ccc(C#N)cc2C)=CCN1. The van der Waals surface area contributed by atoms with E-state index in [2.05, 4.69) is 22.8 Å². The average Bonchev–Trinajstić information content (AvgIpc) is 2.55. The Morgan fingerprint density at radius 3 is 3.00 bits per heavy atom. The molecule has 2 N–H and O–H groups in total. The number of hydrogen-bond donors (Lipinski definition) is 2. The Balaban J connectivity index is 1.97. The minimum Gasteiger partial charge on any atom is -0.383 e. The Kier molecular flexibility index (Phi) is 6.33. The number of benzene rings is 1. The van der Waals surface area contributed by atoms with Crippen LogP contribution in [0.3, 0.4) is 0 Å². The van der Waals surface area contributed by atoms with Gasteiger partial charge in [-0.1, -0.05) is 12.1 Å². The third kappa shape index (κ3) is 4.92. The molecule has 121 valence electrons. The van der Waals surface area contributed by atoms with Crippen molar-refractivity contribution in [3.8, 4) is 6.07 Å². The number of nitrogens with zero attached hydrogens (tertiary/aromatic N) is 1. The number of nitriles is 1. The van der Waals surface area contributed by atoms with Crippen LogP contribution in [0, 0.1) is 24.3 Å². The summed E-state index contributed by atoms with van der Waals surface area (Å²) < 4.78 is 4.92. The summed E-state index contributed by atoms with van der Waals surface area (Å²) in [5.41, 5.74) is 4.09. The first kappa shape index (κ1) is 17.2. The van der Waals surface area contributed by atoms with Gasteiger partial charge in [0.15, 0.2) is 0 Å². The summed E-state index contributed by atoms with van der Waals surface area (Å²) >= 11 is 0. The highest BCUT2D eigenvalue weighted by Crippen LogP contribution is 2.29. The molecular formula is C18H22N3O2. The van der Waals surface area contributed by atoms with Gasteiger partial charge in [0.1, 0.15) is 0 Å². The Bertz CT molecular complexity index is 632. The maximum absolute atomic E-state index is 11.9. The zero-order valence-electron chi connectivity index (χ0n) is 13.6. The number of methoxy groups -OCH3 is 1. The molecule has 1 heterocycles. The van der Waals surface area contributed by atoms with E-state index in [1.807, 2.05) is 25.1 Å². The topological polar surface area (TPSA) is 74.1 Å². The van der Waals surface area contributed by atoms with Gasteiger partial charge in [0.25, 0.3) is 0 Å². The fourth-order valence-electron chi connectivity index (χ4n) is 2.66. The van der Waals surface area contributed by atoms with Gasteiger partial charge < -0.3 is 15.4 Å². The lowest BCUT2D eigenvalue weighted by molar-refractivity contribution is -0.121. The van der Waals surface area contributed by atoms with Crippen LogP contribution in [0.25, 0.3) is 5.57 Å². The number of amides is 1. The first-order chi connectivity index (χ1) is 11.1. The van der Waals surface area contributed by atoms with E-state index in [4.69, 9.17) is 10.00 Å². The number of nitrogens with one attached hydrogen (secondary N) is 2. The van der Waals surface area contributed by atoms with Crippen molar-refractivity contribution < 1.29 is 9.53 Å². The van der Waals surface area contributed by atoms with Crippen molar-refractivity contribution in [2.24, 2.45) is 0 Å². The van der Waals surface area contributed by atoms with Gasteiger partial charge in [-0.15, -0.1) is 0 Å². The highest BCUT2D eigenvalue weighted by Gasteiger charge is 2.20. The van der Waals surface area contributed by atoms with E-state index in [9.17, 15) is 4.79 Å². The smallest absolute Gasteiger partial charge is 0.222 e. The number of ether oxygens (including phenoxy) is 1. The molecule has 5 heteroatoms. The van der Waals surface area contributed by atoms with Crippen molar-refractivity contribution in [3.05, 3.63) is 47.0 Å². The second kappa shape index (κ2) is 8.47. The standard InChI is InChI=1S/C18H22N3O2/c1-13-9-14(12-19)3-4-17(13)15-5-6-20-16(10-15)11-18(22)21-7-8-23-2/h3-5,9,20H,6-8,10-11H2,1-2H3,(H,21,22). The van der Waals surface area contributed by atoms with E-state index < -0.39 is 0 Å².